The Balaban J connectivity index is 1.11. The number of benzene rings is 7. The molecule has 2 heterocycles. The third-order valence-electron chi connectivity index (χ3n) is 10.4. The van der Waals surface area contributed by atoms with Gasteiger partial charge in [-0.1, -0.05) is 158 Å². The number of thiophene rings is 1. The lowest BCUT2D eigenvalue weighted by atomic mass is 9.95. The van der Waals surface area contributed by atoms with E-state index in [4.69, 9.17) is 9.97 Å². The van der Waals surface area contributed by atoms with Crippen LogP contribution in [0.3, 0.4) is 0 Å². The highest BCUT2D eigenvalue weighted by atomic mass is 32.1. The zero-order valence-corrected chi connectivity index (χ0v) is 30.3. The number of anilines is 2. The zero-order valence-electron chi connectivity index (χ0n) is 29.5. The lowest BCUT2D eigenvalue weighted by Crippen LogP contribution is -2.30. The molecule has 0 radical (unpaired) electrons. The van der Waals surface area contributed by atoms with Crippen molar-refractivity contribution >= 4 is 59.4 Å². The van der Waals surface area contributed by atoms with E-state index in [-0.39, 0.29) is 6.04 Å². The number of hydrogen-bond donors (Lipinski definition) is 0. The summed E-state index contributed by atoms with van der Waals surface area (Å²) < 4.78 is 2.46. The molecule has 10 rings (SSSR count). The molecule has 1 unspecified atom stereocenters. The van der Waals surface area contributed by atoms with Crippen molar-refractivity contribution in [3.63, 3.8) is 0 Å². The van der Waals surface area contributed by atoms with Gasteiger partial charge in [0.05, 0.1) is 17.3 Å². The molecule has 1 aliphatic rings. The van der Waals surface area contributed by atoms with E-state index in [0.717, 1.165) is 45.7 Å². The van der Waals surface area contributed by atoms with Crippen molar-refractivity contribution in [2.75, 3.05) is 4.90 Å². The van der Waals surface area contributed by atoms with Gasteiger partial charge in [-0.05, 0) is 65.1 Å². The van der Waals surface area contributed by atoms with Gasteiger partial charge >= 0.3 is 0 Å². The molecule has 3 nitrogen and oxygen atoms in total. The highest BCUT2D eigenvalue weighted by Crippen LogP contribution is 2.43. The van der Waals surface area contributed by atoms with Crippen molar-refractivity contribution in [2.45, 2.75) is 12.5 Å². The van der Waals surface area contributed by atoms with Gasteiger partial charge in [0.1, 0.15) is 0 Å². The van der Waals surface area contributed by atoms with Gasteiger partial charge in [0.2, 0.25) is 0 Å². The highest BCUT2D eigenvalue weighted by molar-refractivity contribution is 7.26. The van der Waals surface area contributed by atoms with E-state index in [0.29, 0.717) is 0 Å². The molecule has 1 aliphatic carbocycles. The molecule has 7 aromatic carbocycles. The molecule has 256 valence electrons. The molecule has 2 aromatic heterocycles. The van der Waals surface area contributed by atoms with Crippen molar-refractivity contribution in [3.05, 3.63) is 200 Å². The number of aromatic nitrogens is 2. The standard InChI is InChI=1S/C50H35N3S/c1-4-14-34(15-5-1)36-26-28-39(29-27-36)53(40-21-12-20-38(32-40)35-16-6-2-7-17-35)41-30-31-43-47(33-41)54-46-25-13-23-44(48(43)46)50-51-45-24-11-10-22-42(45)49(52-50)37-18-8-3-9-19-37/h1-20,22-33,40H,21H2. The summed E-state index contributed by atoms with van der Waals surface area (Å²) in [5, 5.41) is 3.47. The normalized spacial score (nSPS) is 14.1. The van der Waals surface area contributed by atoms with E-state index in [1.54, 1.807) is 0 Å². The van der Waals surface area contributed by atoms with E-state index in [2.05, 4.69) is 193 Å². The van der Waals surface area contributed by atoms with Gasteiger partial charge < -0.3 is 4.90 Å². The number of allylic oxidation sites excluding steroid dienone is 2. The van der Waals surface area contributed by atoms with Crippen molar-refractivity contribution in [3.8, 4) is 33.8 Å². The van der Waals surface area contributed by atoms with Gasteiger partial charge in [0, 0.05) is 48.1 Å². The van der Waals surface area contributed by atoms with Crippen molar-refractivity contribution < 1.29 is 0 Å². The predicted octanol–water partition coefficient (Wildman–Crippen LogP) is 13.5. The minimum Gasteiger partial charge on any atom is -0.334 e. The first-order valence-corrected chi connectivity index (χ1v) is 19.2. The molecule has 0 saturated heterocycles. The first-order chi connectivity index (χ1) is 26.8. The Labute approximate surface area is 318 Å². The summed E-state index contributed by atoms with van der Waals surface area (Å²) in [6.07, 6.45) is 7.91. The lowest BCUT2D eigenvalue weighted by molar-refractivity contribution is 0.788. The fraction of sp³-hybridized carbons (Fsp3) is 0.0400. The van der Waals surface area contributed by atoms with Crippen molar-refractivity contribution in [2.24, 2.45) is 0 Å². The van der Waals surface area contributed by atoms with Crippen LogP contribution in [-0.2, 0) is 0 Å². The third kappa shape index (κ3) is 5.87. The van der Waals surface area contributed by atoms with Crippen LogP contribution >= 0.6 is 11.3 Å². The topological polar surface area (TPSA) is 29.0 Å². The highest BCUT2D eigenvalue weighted by Gasteiger charge is 2.23. The Hall–Kier alpha value is -6.62. The molecule has 0 spiro atoms. The molecule has 0 amide bonds. The van der Waals surface area contributed by atoms with Crippen molar-refractivity contribution in [1.29, 1.82) is 0 Å². The predicted molar refractivity (Wildman–Crippen MR) is 229 cm³/mol. The quantitative estimate of drug-likeness (QED) is 0.165. The summed E-state index contributed by atoms with van der Waals surface area (Å²) in [6, 6.07) is 62.7. The average Bonchev–Trinajstić information content (AvgIpc) is 3.63. The second-order valence-electron chi connectivity index (χ2n) is 13.7. The Bertz CT molecular complexity index is 2840. The molecule has 0 saturated carbocycles. The largest absolute Gasteiger partial charge is 0.334 e. The number of nitrogens with zero attached hydrogens (tertiary/aromatic N) is 3. The van der Waals surface area contributed by atoms with E-state index in [9.17, 15) is 0 Å². The van der Waals surface area contributed by atoms with Crippen LogP contribution in [0.5, 0.6) is 0 Å². The Morgan fingerprint density at radius 1 is 0.519 bits per heavy atom. The van der Waals surface area contributed by atoms with E-state index < -0.39 is 0 Å². The van der Waals surface area contributed by atoms with Crippen LogP contribution < -0.4 is 4.90 Å². The van der Waals surface area contributed by atoms with Crippen LogP contribution in [-0.4, -0.2) is 16.0 Å². The Morgan fingerprint density at radius 3 is 1.96 bits per heavy atom. The van der Waals surface area contributed by atoms with Crippen molar-refractivity contribution in [1.82, 2.24) is 9.97 Å². The molecule has 0 bridgehead atoms. The molecule has 1 atom stereocenters. The summed E-state index contributed by atoms with van der Waals surface area (Å²) in [6.45, 7) is 0. The number of rotatable bonds is 7. The lowest BCUT2D eigenvalue weighted by Gasteiger charge is -2.34. The van der Waals surface area contributed by atoms with Crippen LogP contribution in [0, 0.1) is 0 Å². The summed E-state index contributed by atoms with van der Waals surface area (Å²) in [5.41, 5.74) is 11.3. The monoisotopic (exact) mass is 709 g/mol. The zero-order chi connectivity index (χ0) is 35.8. The van der Waals surface area contributed by atoms with Gasteiger partial charge in [-0.3, -0.25) is 0 Å². The van der Waals surface area contributed by atoms with E-state index in [1.165, 1.54) is 48.1 Å². The summed E-state index contributed by atoms with van der Waals surface area (Å²) >= 11 is 1.83. The van der Waals surface area contributed by atoms with Gasteiger partial charge in [0.25, 0.3) is 0 Å². The Kier molecular flexibility index (Phi) is 8.16. The molecule has 0 fully saturated rings. The Morgan fingerprint density at radius 2 is 1.19 bits per heavy atom. The molecular weight excluding hydrogens is 675 g/mol. The molecule has 0 N–H and O–H groups in total. The summed E-state index contributed by atoms with van der Waals surface area (Å²) in [5.74, 6) is 0.745. The molecule has 0 aliphatic heterocycles. The maximum Gasteiger partial charge on any atom is 0.161 e. The minimum atomic E-state index is 0.137. The number of para-hydroxylation sites is 1. The fourth-order valence-corrected chi connectivity index (χ4v) is 8.97. The molecule has 54 heavy (non-hydrogen) atoms. The summed E-state index contributed by atoms with van der Waals surface area (Å²) in [4.78, 5) is 12.9. The van der Waals surface area contributed by atoms with E-state index in [1.807, 2.05) is 17.4 Å². The molecule has 4 heteroatoms. The fourth-order valence-electron chi connectivity index (χ4n) is 7.81. The maximum absolute atomic E-state index is 5.26. The first-order valence-electron chi connectivity index (χ1n) is 18.4. The first kappa shape index (κ1) is 32.1. The van der Waals surface area contributed by atoms with Crippen LogP contribution in [0.2, 0.25) is 0 Å². The number of hydrogen-bond acceptors (Lipinski definition) is 4. The van der Waals surface area contributed by atoms with Crippen LogP contribution in [0.15, 0.2) is 194 Å². The SMILES string of the molecule is C1=CC(c2ccccc2)=CC(N(c2ccc(-c3ccccc3)cc2)c2ccc3c(c2)sc2cccc(-c4nc(-c5ccccc5)c5ccccc5n4)c23)C1. The maximum atomic E-state index is 5.26. The smallest absolute Gasteiger partial charge is 0.161 e. The molecule has 9 aromatic rings. The van der Waals surface area contributed by atoms with Gasteiger partial charge in [-0.15, -0.1) is 11.3 Å². The van der Waals surface area contributed by atoms with Crippen LogP contribution in [0.1, 0.15) is 12.0 Å². The average molecular weight is 710 g/mol. The second-order valence-corrected chi connectivity index (χ2v) is 14.8. The van der Waals surface area contributed by atoms with Crippen LogP contribution in [0.25, 0.3) is 70.4 Å². The van der Waals surface area contributed by atoms with Gasteiger partial charge in [0.15, 0.2) is 5.82 Å². The van der Waals surface area contributed by atoms with Crippen LogP contribution in [0.4, 0.5) is 11.4 Å². The second kappa shape index (κ2) is 13.7. The summed E-state index contributed by atoms with van der Waals surface area (Å²) in [7, 11) is 0. The van der Waals surface area contributed by atoms with E-state index >= 15 is 0 Å². The van der Waals surface area contributed by atoms with Gasteiger partial charge in [-0.2, -0.15) is 0 Å². The number of fused-ring (bicyclic) bond motifs is 4. The minimum absolute atomic E-state index is 0.137. The van der Waals surface area contributed by atoms with Gasteiger partial charge in [-0.25, -0.2) is 9.97 Å². The third-order valence-corrected chi connectivity index (χ3v) is 11.5. The molecular formula is C50H35N3S.